The van der Waals surface area contributed by atoms with Crippen molar-refractivity contribution in [1.82, 2.24) is 9.88 Å². The zero-order chi connectivity index (χ0) is 18.2. The highest BCUT2D eigenvalue weighted by molar-refractivity contribution is 5.96. The van der Waals surface area contributed by atoms with E-state index in [1.165, 1.54) is 30.1 Å². The van der Waals surface area contributed by atoms with Crippen LogP contribution < -0.4 is 0 Å². The SMILES string of the molecule is CC(c1cc2ccccc2[nH]1)N(C)C(=O)c1ccccc1C(F)(F)F. The smallest absolute Gasteiger partial charge is 0.357 e. The summed E-state index contributed by atoms with van der Waals surface area (Å²) < 4.78 is 39.5. The number of amides is 1. The van der Waals surface area contributed by atoms with Gasteiger partial charge in [-0.3, -0.25) is 4.79 Å². The second-order valence-corrected chi connectivity index (χ2v) is 5.95. The zero-order valence-corrected chi connectivity index (χ0v) is 13.8. The van der Waals surface area contributed by atoms with Crippen molar-refractivity contribution in [1.29, 1.82) is 0 Å². The number of aromatic nitrogens is 1. The van der Waals surface area contributed by atoms with Crippen molar-refractivity contribution in [2.24, 2.45) is 0 Å². The Bertz CT molecular complexity index is 881. The zero-order valence-electron chi connectivity index (χ0n) is 13.8. The standard InChI is InChI=1S/C19H17F3N2O/c1-12(17-11-13-7-3-6-10-16(13)23-17)24(2)18(25)14-8-4-5-9-15(14)19(20,21)22/h3-12,23H,1-2H3. The number of hydrogen-bond acceptors (Lipinski definition) is 1. The van der Waals surface area contributed by atoms with Crippen LogP contribution in [0.3, 0.4) is 0 Å². The van der Waals surface area contributed by atoms with Crippen molar-refractivity contribution in [3.63, 3.8) is 0 Å². The van der Waals surface area contributed by atoms with E-state index in [9.17, 15) is 18.0 Å². The summed E-state index contributed by atoms with van der Waals surface area (Å²) in [5.41, 5.74) is 0.415. The van der Waals surface area contributed by atoms with Gasteiger partial charge in [0.25, 0.3) is 5.91 Å². The van der Waals surface area contributed by atoms with Crippen molar-refractivity contribution in [3.8, 4) is 0 Å². The predicted octanol–water partition coefficient (Wildman–Crippen LogP) is 5.02. The number of aromatic amines is 1. The Morgan fingerprint density at radius 3 is 2.40 bits per heavy atom. The molecule has 0 saturated carbocycles. The maximum Gasteiger partial charge on any atom is 0.417 e. The molecule has 1 atom stereocenters. The number of H-pyrrole nitrogens is 1. The number of rotatable bonds is 3. The summed E-state index contributed by atoms with van der Waals surface area (Å²) in [7, 11) is 1.51. The summed E-state index contributed by atoms with van der Waals surface area (Å²) in [6.45, 7) is 1.78. The molecule has 25 heavy (non-hydrogen) atoms. The van der Waals surface area contributed by atoms with Crippen LogP contribution in [0.2, 0.25) is 0 Å². The lowest BCUT2D eigenvalue weighted by Crippen LogP contribution is -2.31. The quantitative estimate of drug-likeness (QED) is 0.710. The summed E-state index contributed by atoms with van der Waals surface area (Å²) in [5.74, 6) is -0.668. The fraction of sp³-hybridized carbons (Fsp3) is 0.211. The Balaban J connectivity index is 1.92. The van der Waals surface area contributed by atoms with E-state index in [1.54, 1.807) is 6.92 Å². The van der Waals surface area contributed by atoms with E-state index in [0.29, 0.717) is 0 Å². The van der Waals surface area contributed by atoms with Crippen molar-refractivity contribution in [2.75, 3.05) is 7.05 Å². The van der Waals surface area contributed by atoms with Crippen LogP contribution in [0.15, 0.2) is 54.6 Å². The van der Waals surface area contributed by atoms with Crippen molar-refractivity contribution in [2.45, 2.75) is 19.1 Å². The number of carbonyl (C=O) groups is 1. The Morgan fingerprint density at radius 1 is 1.08 bits per heavy atom. The fourth-order valence-electron chi connectivity index (χ4n) is 2.81. The van der Waals surface area contributed by atoms with Crippen LogP contribution in [0.1, 0.15) is 34.6 Å². The lowest BCUT2D eigenvalue weighted by atomic mass is 10.0. The third kappa shape index (κ3) is 3.24. The first-order valence-corrected chi connectivity index (χ1v) is 7.80. The number of benzene rings is 2. The van der Waals surface area contributed by atoms with Gasteiger partial charge in [-0.25, -0.2) is 0 Å². The van der Waals surface area contributed by atoms with Gasteiger partial charge in [0, 0.05) is 18.3 Å². The molecule has 130 valence electrons. The van der Waals surface area contributed by atoms with Gasteiger partial charge in [0.1, 0.15) is 0 Å². The van der Waals surface area contributed by atoms with Crippen LogP contribution in [-0.4, -0.2) is 22.8 Å². The minimum atomic E-state index is -4.57. The number of nitrogens with one attached hydrogen (secondary N) is 1. The molecule has 0 bridgehead atoms. The van der Waals surface area contributed by atoms with E-state index in [-0.39, 0.29) is 5.56 Å². The second kappa shape index (κ2) is 6.27. The van der Waals surface area contributed by atoms with E-state index < -0.39 is 23.7 Å². The fourth-order valence-corrected chi connectivity index (χ4v) is 2.81. The highest BCUT2D eigenvalue weighted by Gasteiger charge is 2.36. The Kier molecular flexibility index (Phi) is 4.29. The average Bonchev–Trinajstić information content (AvgIpc) is 3.03. The molecule has 0 aliphatic carbocycles. The lowest BCUT2D eigenvalue weighted by Gasteiger charge is -2.25. The van der Waals surface area contributed by atoms with Gasteiger partial charge in [0.05, 0.1) is 17.2 Å². The molecule has 1 amide bonds. The van der Waals surface area contributed by atoms with Crippen molar-refractivity contribution < 1.29 is 18.0 Å². The first-order chi connectivity index (χ1) is 11.8. The molecule has 0 spiro atoms. The van der Waals surface area contributed by atoms with E-state index in [2.05, 4.69) is 4.98 Å². The van der Waals surface area contributed by atoms with Gasteiger partial charge in [-0.15, -0.1) is 0 Å². The number of para-hydroxylation sites is 1. The molecule has 0 aliphatic heterocycles. The minimum Gasteiger partial charge on any atom is -0.357 e. The van der Waals surface area contributed by atoms with Gasteiger partial charge in [0.2, 0.25) is 0 Å². The summed E-state index contributed by atoms with van der Waals surface area (Å²) >= 11 is 0. The maximum absolute atomic E-state index is 13.2. The third-order valence-electron chi connectivity index (χ3n) is 4.37. The average molecular weight is 346 g/mol. The number of nitrogens with zero attached hydrogens (tertiary/aromatic N) is 1. The molecule has 3 rings (SSSR count). The molecule has 0 fully saturated rings. The molecule has 0 saturated heterocycles. The Hall–Kier alpha value is -2.76. The van der Waals surface area contributed by atoms with Gasteiger partial charge in [-0.2, -0.15) is 13.2 Å². The molecule has 1 aromatic heterocycles. The van der Waals surface area contributed by atoms with Gasteiger partial charge in [-0.1, -0.05) is 30.3 Å². The molecule has 1 heterocycles. The van der Waals surface area contributed by atoms with Gasteiger partial charge < -0.3 is 9.88 Å². The van der Waals surface area contributed by atoms with Crippen LogP contribution in [0.4, 0.5) is 13.2 Å². The van der Waals surface area contributed by atoms with E-state index in [0.717, 1.165) is 22.7 Å². The first kappa shape index (κ1) is 17.1. The largest absolute Gasteiger partial charge is 0.417 e. The molecule has 1 unspecified atom stereocenters. The summed E-state index contributed by atoms with van der Waals surface area (Å²) in [6, 6.07) is 14.0. The van der Waals surface area contributed by atoms with E-state index in [4.69, 9.17) is 0 Å². The molecule has 0 radical (unpaired) electrons. The van der Waals surface area contributed by atoms with Crippen molar-refractivity contribution in [3.05, 3.63) is 71.4 Å². The van der Waals surface area contributed by atoms with Crippen LogP contribution in [0.25, 0.3) is 10.9 Å². The van der Waals surface area contributed by atoms with Crippen LogP contribution in [0, 0.1) is 0 Å². The van der Waals surface area contributed by atoms with E-state index in [1.807, 2.05) is 30.3 Å². The lowest BCUT2D eigenvalue weighted by molar-refractivity contribution is -0.138. The predicted molar refractivity (Wildman–Crippen MR) is 90.3 cm³/mol. The Labute approximate surface area is 143 Å². The molecule has 6 heteroatoms. The molecule has 0 aliphatic rings. The molecular weight excluding hydrogens is 329 g/mol. The number of carbonyl (C=O) groups excluding carboxylic acids is 1. The number of hydrogen-bond donors (Lipinski definition) is 1. The van der Waals surface area contributed by atoms with Gasteiger partial charge >= 0.3 is 6.18 Å². The van der Waals surface area contributed by atoms with Gasteiger partial charge in [-0.05, 0) is 36.6 Å². The summed E-state index contributed by atoms with van der Waals surface area (Å²) in [6.07, 6.45) is -4.57. The minimum absolute atomic E-state index is 0.347. The molecule has 1 N–H and O–H groups in total. The number of halogens is 3. The molecule has 3 nitrogen and oxygen atoms in total. The molecule has 2 aromatic carbocycles. The van der Waals surface area contributed by atoms with Crippen molar-refractivity contribution >= 4 is 16.8 Å². The van der Waals surface area contributed by atoms with Crippen LogP contribution in [0.5, 0.6) is 0 Å². The maximum atomic E-state index is 13.2. The molecule has 3 aromatic rings. The normalized spacial score (nSPS) is 13.0. The summed E-state index contributed by atoms with van der Waals surface area (Å²) in [4.78, 5) is 17.2. The molecular formula is C19H17F3N2O. The van der Waals surface area contributed by atoms with Gasteiger partial charge in [0.15, 0.2) is 0 Å². The third-order valence-corrected chi connectivity index (χ3v) is 4.37. The topological polar surface area (TPSA) is 36.1 Å². The highest BCUT2D eigenvalue weighted by Crippen LogP contribution is 2.33. The Morgan fingerprint density at radius 2 is 1.72 bits per heavy atom. The monoisotopic (exact) mass is 346 g/mol. The van der Waals surface area contributed by atoms with Crippen LogP contribution >= 0.6 is 0 Å². The summed E-state index contributed by atoms with van der Waals surface area (Å²) in [5, 5.41) is 0.987. The van der Waals surface area contributed by atoms with Crippen LogP contribution in [-0.2, 0) is 6.18 Å². The second-order valence-electron chi connectivity index (χ2n) is 5.95. The first-order valence-electron chi connectivity index (χ1n) is 7.80. The number of alkyl halides is 3. The highest BCUT2D eigenvalue weighted by atomic mass is 19.4. The number of fused-ring (bicyclic) bond motifs is 1. The van der Waals surface area contributed by atoms with E-state index >= 15 is 0 Å².